The van der Waals surface area contributed by atoms with Crippen molar-refractivity contribution in [3.05, 3.63) is 93.2 Å². The largest absolute Gasteiger partial charge is 0.370 e. The minimum Gasteiger partial charge on any atom is -0.370 e. The number of rotatable bonds is 6. The summed E-state index contributed by atoms with van der Waals surface area (Å²) in [6.45, 7) is 1.59. The predicted molar refractivity (Wildman–Crippen MR) is 129 cm³/mol. The Labute approximate surface area is 196 Å². The molecule has 1 aliphatic rings. The fourth-order valence-electron chi connectivity index (χ4n) is 4.09. The van der Waals surface area contributed by atoms with Crippen LogP contribution in [0.3, 0.4) is 0 Å². The Hall–Kier alpha value is -3.59. The smallest absolute Gasteiger partial charge is 0.250 e. The molecular weight excluding hydrogens is 457 g/mol. The van der Waals surface area contributed by atoms with Gasteiger partial charge in [-0.2, -0.15) is 0 Å². The van der Waals surface area contributed by atoms with E-state index in [4.69, 9.17) is 10.7 Å². The van der Waals surface area contributed by atoms with Crippen LogP contribution in [0.2, 0.25) is 0 Å². The fourth-order valence-corrected chi connectivity index (χ4v) is 4.98. The number of sulfone groups is 1. The van der Waals surface area contributed by atoms with E-state index in [1.165, 1.54) is 22.8 Å². The van der Waals surface area contributed by atoms with E-state index in [9.17, 15) is 22.4 Å². The molecule has 3 aromatic rings. The van der Waals surface area contributed by atoms with Crippen molar-refractivity contribution in [3.63, 3.8) is 0 Å². The number of hydrogen-bond acceptors (Lipinski definition) is 5. The Morgan fingerprint density at radius 2 is 1.79 bits per heavy atom. The molecule has 0 radical (unpaired) electrons. The van der Waals surface area contributed by atoms with Crippen molar-refractivity contribution < 1.29 is 17.6 Å². The number of nitrogens with zero attached hydrogens (tertiary/aromatic N) is 2. The number of carbonyl (C=O) groups excluding carboxylic acids is 1. The molecule has 0 saturated heterocycles. The quantitative estimate of drug-likeness (QED) is 0.583. The van der Waals surface area contributed by atoms with E-state index in [0.717, 1.165) is 0 Å². The van der Waals surface area contributed by atoms with Gasteiger partial charge < -0.3 is 10.3 Å². The standard InChI is InChI=1S/C25H24FN3O4S/c1-3-34(32,33)14-15-4-9-18-19(10-15)21-13-29(2)24(31)11-20(21)22(12-23(27)30)28-25(18)16-5-7-17(26)8-6-16/h4-11,13,22H,3,12,14H2,1-2H3,(H2,27,30)/t22-/m0/s1. The van der Waals surface area contributed by atoms with Crippen LogP contribution in [0.1, 0.15) is 41.6 Å². The Kier molecular flexibility index (Phi) is 6.22. The molecule has 0 bridgehead atoms. The van der Waals surface area contributed by atoms with Crippen molar-refractivity contribution in [2.24, 2.45) is 17.8 Å². The van der Waals surface area contributed by atoms with Gasteiger partial charge in [0.05, 0.1) is 23.9 Å². The molecule has 1 aliphatic heterocycles. The molecule has 34 heavy (non-hydrogen) atoms. The lowest BCUT2D eigenvalue weighted by Gasteiger charge is -2.16. The highest BCUT2D eigenvalue weighted by molar-refractivity contribution is 7.90. The molecule has 0 saturated carbocycles. The van der Waals surface area contributed by atoms with Gasteiger partial charge in [0, 0.05) is 41.8 Å². The molecule has 2 heterocycles. The maximum atomic E-state index is 13.6. The number of fused-ring (bicyclic) bond motifs is 3. The van der Waals surface area contributed by atoms with Crippen molar-refractivity contribution in [3.8, 4) is 11.1 Å². The summed E-state index contributed by atoms with van der Waals surface area (Å²) in [5.41, 5.74) is 9.46. The van der Waals surface area contributed by atoms with Crippen LogP contribution in [0.4, 0.5) is 4.39 Å². The lowest BCUT2D eigenvalue weighted by Crippen LogP contribution is -2.20. The second-order valence-corrected chi connectivity index (χ2v) is 10.7. The Morgan fingerprint density at radius 3 is 2.44 bits per heavy atom. The summed E-state index contributed by atoms with van der Waals surface area (Å²) in [6.07, 6.45) is 1.53. The summed E-state index contributed by atoms with van der Waals surface area (Å²) < 4.78 is 39.6. The highest BCUT2D eigenvalue weighted by Gasteiger charge is 2.27. The second-order valence-electron chi connectivity index (χ2n) is 8.32. The zero-order valence-electron chi connectivity index (χ0n) is 18.8. The zero-order chi connectivity index (χ0) is 24.6. The van der Waals surface area contributed by atoms with Crippen molar-refractivity contribution in [2.45, 2.75) is 25.1 Å². The number of carbonyl (C=O) groups is 1. The third kappa shape index (κ3) is 4.70. The van der Waals surface area contributed by atoms with E-state index in [0.29, 0.717) is 39.1 Å². The molecule has 2 aromatic carbocycles. The number of halogens is 1. The van der Waals surface area contributed by atoms with Gasteiger partial charge in [-0.1, -0.05) is 19.1 Å². The number of hydrogen-bond donors (Lipinski definition) is 1. The van der Waals surface area contributed by atoms with Gasteiger partial charge in [-0.15, -0.1) is 0 Å². The first-order valence-corrected chi connectivity index (χ1v) is 12.6. The lowest BCUT2D eigenvalue weighted by molar-refractivity contribution is -0.118. The maximum Gasteiger partial charge on any atom is 0.250 e. The highest BCUT2D eigenvalue weighted by Crippen LogP contribution is 2.39. The van der Waals surface area contributed by atoms with Crippen LogP contribution in [-0.2, 0) is 27.4 Å². The molecule has 9 heteroatoms. The number of aliphatic imine (C=N–C) groups is 1. The molecule has 1 aromatic heterocycles. The summed E-state index contributed by atoms with van der Waals surface area (Å²) in [5.74, 6) is -1.11. The Bertz CT molecular complexity index is 1470. The first-order chi connectivity index (χ1) is 16.1. The molecule has 0 unspecified atom stereocenters. The van der Waals surface area contributed by atoms with E-state index < -0.39 is 27.6 Å². The molecule has 1 amide bonds. The first kappa shape index (κ1) is 23.6. The van der Waals surface area contributed by atoms with Crippen molar-refractivity contribution in [1.29, 1.82) is 0 Å². The molecular formula is C25H24FN3O4S. The molecule has 0 aliphatic carbocycles. The van der Waals surface area contributed by atoms with Crippen molar-refractivity contribution in [2.75, 3.05) is 5.75 Å². The number of aryl methyl sites for hydroxylation is 1. The van der Waals surface area contributed by atoms with Gasteiger partial charge in [0.25, 0.3) is 5.56 Å². The lowest BCUT2D eigenvalue weighted by atomic mass is 9.90. The molecule has 0 fully saturated rings. The minimum atomic E-state index is -3.29. The molecule has 0 spiro atoms. The fraction of sp³-hybridized carbons (Fsp3) is 0.240. The molecule has 7 nitrogen and oxygen atoms in total. The van der Waals surface area contributed by atoms with E-state index in [-0.39, 0.29) is 23.5 Å². The van der Waals surface area contributed by atoms with Crippen LogP contribution >= 0.6 is 0 Å². The summed E-state index contributed by atoms with van der Waals surface area (Å²) in [6, 6.07) is 11.8. The number of benzene rings is 2. The van der Waals surface area contributed by atoms with Gasteiger partial charge in [-0.05, 0) is 47.0 Å². The summed E-state index contributed by atoms with van der Waals surface area (Å²) in [7, 11) is -1.67. The summed E-state index contributed by atoms with van der Waals surface area (Å²) >= 11 is 0. The van der Waals surface area contributed by atoms with Crippen LogP contribution < -0.4 is 11.3 Å². The molecule has 4 rings (SSSR count). The average molecular weight is 482 g/mol. The Balaban J connectivity index is 2.03. The van der Waals surface area contributed by atoms with Crippen LogP contribution in [-0.4, -0.2) is 30.4 Å². The highest BCUT2D eigenvalue weighted by atomic mass is 32.2. The van der Waals surface area contributed by atoms with Crippen LogP contribution in [0.15, 0.2) is 64.5 Å². The maximum absolute atomic E-state index is 13.6. The normalized spacial score (nSPS) is 15.1. The van der Waals surface area contributed by atoms with Gasteiger partial charge in [0.15, 0.2) is 9.84 Å². The van der Waals surface area contributed by atoms with Crippen LogP contribution in [0, 0.1) is 5.82 Å². The van der Waals surface area contributed by atoms with Crippen molar-refractivity contribution >= 4 is 21.5 Å². The zero-order valence-corrected chi connectivity index (χ0v) is 19.6. The number of nitrogens with two attached hydrogens (primary N) is 1. The number of pyridine rings is 1. The third-order valence-corrected chi connectivity index (χ3v) is 7.52. The van der Waals surface area contributed by atoms with Gasteiger partial charge in [0.1, 0.15) is 5.82 Å². The van der Waals surface area contributed by atoms with E-state index in [2.05, 4.69) is 0 Å². The summed E-state index contributed by atoms with van der Waals surface area (Å²) in [4.78, 5) is 29.2. The number of amides is 1. The van der Waals surface area contributed by atoms with Crippen LogP contribution in [0.25, 0.3) is 11.1 Å². The van der Waals surface area contributed by atoms with Gasteiger partial charge in [-0.25, -0.2) is 12.8 Å². The van der Waals surface area contributed by atoms with Crippen molar-refractivity contribution in [1.82, 2.24) is 4.57 Å². The number of primary amides is 1. The van der Waals surface area contributed by atoms with Crippen LogP contribution in [0.5, 0.6) is 0 Å². The van der Waals surface area contributed by atoms with Gasteiger partial charge >= 0.3 is 0 Å². The first-order valence-electron chi connectivity index (χ1n) is 10.7. The molecule has 2 N–H and O–H groups in total. The average Bonchev–Trinajstić information content (AvgIpc) is 2.89. The third-order valence-electron chi connectivity index (χ3n) is 5.87. The number of aromatic nitrogens is 1. The molecule has 176 valence electrons. The van der Waals surface area contributed by atoms with E-state index in [1.807, 2.05) is 0 Å². The predicted octanol–water partition coefficient (Wildman–Crippen LogP) is 2.89. The van der Waals surface area contributed by atoms with E-state index in [1.54, 1.807) is 50.5 Å². The Morgan fingerprint density at radius 1 is 1.09 bits per heavy atom. The molecule has 1 atom stereocenters. The second kappa shape index (κ2) is 8.98. The summed E-state index contributed by atoms with van der Waals surface area (Å²) in [5, 5.41) is 0. The topological polar surface area (TPSA) is 112 Å². The minimum absolute atomic E-state index is 0.0121. The van der Waals surface area contributed by atoms with Gasteiger partial charge in [-0.3, -0.25) is 14.6 Å². The van der Waals surface area contributed by atoms with E-state index >= 15 is 0 Å². The van der Waals surface area contributed by atoms with Gasteiger partial charge in [0.2, 0.25) is 5.91 Å². The monoisotopic (exact) mass is 481 g/mol. The SMILES string of the molecule is CCS(=O)(=O)Cc1ccc2c(c1)-c1cn(C)c(=O)cc1[C@H](CC(N)=O)N=C2c1ccc(F)cc1.